The predicted octanol–water partition coefficient (Wildman–Crippen LogP) is 4.23. The first kappa shape index (κ1) is 20.8. The van der Waals surface area contributed by atoms with E-state index in [0.29, 0.717) is 18.6 Å². The number of phenolic OH excluding ortho intramolecular Hbond substituents is 1. The SMILES string of the molecule is COc1c(O)c2c3c(c1OC)-c1ccccc1CC3N(S(=O)(=O)c1ccc(C)cc1)CC2. The topological polar surface area (TPSA) is 76.1 Å². The molecule has 1 unspecified atom stereocenters. The highest BCUT2D eigenvalue weighted by molar-refractivity contribution is 7.89. The summed E-state index contributed by atoms with van der Waals surface area (Å²) in [5.41, 5.74) is 5.35. The Morgan fingerprint density at radius 2 is 1.69 bits per heavy atom. The van der Waals surface area contributed by atoms with Crippen LogP contribution in [-0.4, -0.2) is 38.6 Å². The van der Waals surface area contributed by atoms with Crippen molar-refractivity contribution in [2.24, 2.45) is 0 Å². The van der Waals surface area contributed by atoms with Gasteiger partial charge in [0.2, 0.25) is 15.8 Å². The smallest absolute Gasteiger partial charge is 0.243 e. The minimum atomic E-state index is -3.74. The van der Waals surface area contributed by atoms with Gasteiger partial charge in [0, 0.05) is 17.7 Å². The third-order valence-electron chi connectivity index (χ3n) is 6.53. The van der Waals surface area contributed by atoms with Crippen LogP contribution >= 0.6 is 0 Å². The maximum Gasteiger partial charge on any atom is 0.243 e. The molecule has 0 bridgehead atoms. The average molecular weight is 452 g/mol. The zero-order valence-corrected chi connectivity index (χ0v) is 19.1. The van der Waals surface area contributed by atoms with E-state index < -0.39 is 16.1 Å². The van der Waals surface area contributed by atoms with Gasteiger partial charge in [0.1, 0.15) is 0 Å². The number of rotatable bonds is 4. The number of nitrogens with zero attached hydrogens (tertiary/aromatic N) is 1. The molecule has 1 aliphatic carbocycles. The third kappa shape index (κ3) is 2.92. The molecule has 1 aliphatic heterocycles. The molecule has 3 aromatic rings. The maximum atomic E-state index is 13.7. The molecule has 1 atom stereocenters. The largest absolute Gasteiger partial charge is 0.504 e. The normalized spacial score (nSPS) is 17.4. The van der Waals surface area contributed by atoms with Gasteiger partial charge < -0.3 is 14.6 Å². The standard InChI is InChI=1S/C25H25NO5S/c1-15-8-10-17(11-9-15)32(28,29)26-13-12-19-21-20(26)14-16-6-4-5-7-18(16)22(21)24(30-2)25(31-3)23(19)27/h4-11,20,27H,12-14H2,1-3H3. The lowest BCUT2D eigenvalue weighted by atomic mass is 9.77. The first-order chi connectivity index (χ1) is 15.4. The molecule has 5 rings (SSSR count). The summed E-state index contributed by atoms with van der Waals surface area (Å²) in [7, 11) is -0.699. The highest BCUT2D eigenvalue weighted by atomic mass is 32.2. The summed E-state index contributed by atoms with van der Waals surface area (Å²) in [5.74, 6) is 0.738. The molecular formula is C25H25NO5S. The van der Waals surface area contributed by atoms with Gasteiger partial charge in [-0.2, -0.15) is 4.31 Å². The molecule has 0 amide bonds. The van der Waals surface area contributed by atoms with Crippen molar-refractivity contribution in [3.05, 3.63) is 70.8 Å². The summed E-state index contributed by atoms with van der Waals surface area (Å²) in [6.07, 6.45) is 0.911. The number of aryl methyl sites for hydroxylation is 1. The van der Waals surface area contributed by atoms with Gasteiger partial charge in [-0.15, -0.1) is 0 Å². The number of benzene rings is 3. The Kier molecular flexibility index (Phi) is 4.91. The van der Waals surface area contributed by atoms with Crippen molar-refractivity contribution in [3.63, 3.8) is 0 Å². The Hall–Kier alpha value is -3.03. The molecule has 6 nitrogen and oxygen atoms in total. The van der Waals surface area contributed by atoms with E-state index in [4.69, 9.17) is 9.47 Å². The van der Waals surface area contributed by atoms with Crippen LogP contribution in [-0.2, 0) is 22.9 Å². The van der Waals surface area contributed by atoms with Crippen molar-refractivity contribution in [1.29, 1.82) is 0 Å². The summed E-state index contributed by atoms with van der Waals surface area (Å²) in [6, 6.07) is 14.4. The Morgan fingerprint density at radius 1 is 1.00 bits per heavy atom. The van der Waals surface area contributed by atoms with Gasteiger partial charge in [-0.25, -0.2) is 8.42 Å². The molecule has 0 spiro atoms. The second-order valence-electron chi connectivity index (χ2n) is 8.24. The van der Waals surface area contributed by atoms with E-state index in [9.17, 15) is 13.5 Å². The van der Waals surface area contributed by atoms with Crippen LogP contribution in [0.15, 0.2) is 53.4 Å². The van der Waals surface area contributed by atoms with Crippen LogP contribution in [0.4, 0.5) is 0 Å². The van der Waals surface area contributed by atoms with Crippen LogP contribution in [0, 0.1) is 6.92 Å². The third-order valence-corrected chi connectivity index (χ3v) is 8.45. The van der Waals surface area contributed by atoms with Crippen LogP contribution in [0.1, 0.15) is 28.3 Å². The monoisotopic (exact) mass is 451 g/mol. The molecule has 1 heterocycles. The van der Waals surface area contributed by atoms with Crippen molar-refractivity contribution < 1.29 is 23.0 Å². The van der Waals surface area contributed by atoms with E-state index in [2.05, 4.69) is 0 Å². The molecule has 2 aliphatic rings. The van der Waals surface area contributed by atoms with Gasteiger partial charge >= 0.3 is 0 Å². The Bertz CT molecular complexity index is 1320. The summed E-state index contributed by atoms with van der Waals surface area (Å²) in [4.78, 5) is 0.275. The van der Waals surface area contributed by atoms with Crippen LogP contribution in [0.25, 0.3) is 11.1 Å². The molecular weight excluding hydrogens is 426 g/mol. The van der Waals surface area contributed by atoms with E-state index in [0.717, 1.165) is 33.4 Å². The molecule has 166 valence electrons. The fourth-order valence-corrected chi connectivity index (χ4v) is 6.64. The average Bonchev–Trinajstić information content (AvgIpc) is 2.80. The van der Waals surface area contributed by atoms with Crippen LogP contribution in [0.3, 0.4) is 0 Å². The van der Waals surface area contributed by atoms with Gasteiger partial charge in [0.25, 0.3) is 0 Å². The summed E-state index contributed by atoms with van der Waals surface area (Å²) < 4.78 is 40.2. The van der Waals surface area contributed by atoms with Crippen LogP contribution < -0.4 is 9.47 Å². The number of methoxy groups -OCH3 is 2. The fraction of sp³-hybridized carbons (Fsp3) is 0.280. The number of sulfonamides is 1. The second-order valence-corrected chi connectivity index (χ2v) is 10.1. The number of hydrogen-bond donors (Lipinski definition) is 1. The highest BCUT2D eigenvalue weighted by Gasteiger charge is 2.44. The fourth-order valence-electron chi connectivity index (χ4n) is 5.04. The quantitative estimate of drug-likeness (QED) is 0.643. The Morgan fingerprint density at radius 3 is 2.38 bits per heavy atom. The van der Waals surface area contributed by atoms with Crippen molar-refractivity contribution in [3.8, 4) is 28.4 Å². The molecule has 7 heteroatoms. The van der Waals surface area contributed by atoms with Gasteiger partial charge in [0.15, 0.2) is 11.5 Å². The molecule has 0 aromatic heterocycles. The van der Waals surface area contributed by atoms with Crippen molar-refractivity contribution in [1.82, 2.24) is 4.31 Å². The minimum Gasteiger partial charge on any atom is -0.504 e. The van der Waals surface area contributed by atoms with Crippen molar-refractivity contribution in [2.45, 2.75) is 30.7 Å². The van der Waals surface area contributed by atoms with E-state index in [-0.39, 0.29) is 22.9 Å². The molecule has 0 fully saturated rings. The lowest BCUT2D eigenvalue weighted by Gasteiger charge is -2.41. The van der Waals surface area contributed by atoms with Gasteiger partial charge in [-0.05, 0) is 48.6 Å². The first-order valence-electron chi connectivity index (χ1n) is 10.5. The molecule has 0 saturated carbocycles. The lowest BCUT2D eigenvalue weighted by Crippen LogP contribution is -2.42. The van der Waals surface area contributed by atoms with Gasteiger partial charge in [-0.1, -0.05) is 42.0 Å². The number of ether oxygens (including phenoxy) is 2. The van der Waals surface area contributed by atoms with Crippen LogP contribution in [0.5, 0.6) is 17.2 Å². The minimum absolute atomic E-state index is 0.0277. The van der Waals surface area contributed by atoms with Crippen molar-refractivity contribution in [2.75, 3.05) is 20.8 Å². The second kappa shape index (κ2) is 7.53. The van der Waals surface area contributed by atoms with E-state index in [1.165, 1.54) is 14.2 Å². The number of aromatic hydroxyl groups is 1. The van der Waals surface area contributed by atoms with Gasteiger partial charge in [0.05, 0.1) is 25.2 Å². The maximum absolute atomic E-state index is 13.7. The molecule has 32 heavy (non-hydrogen) atoms. The molecule has 0 saturated heterocycles. The summed E-state index contributed by atoms with van der Waals surface area (Å²) in [5, 5.41) is 11.0. The van der Waals surface area contributed by atoms with Gasteiger partial charge in [-0.3, -0.25) is 0 Å². The number of hydrogen-bond acceptors (Lipinski definition) is 5. The zero-order valence-electron chi connectivity index (χ0n) is 18.3. The van der Waals surface area contributed by atoms with E-state index in [1.807, 2.05) is 43.3 Å². The molecule has 1 N–H and O–H groups in total. The van der Waals surface area contributed by atoms with E-state index in [1.54, 1.807) is 16.4 Å². The Labute approximate surface area is 188 Å². The summed E-state index contributed by atoms with van der Waals surface area (Å²) in [6.45, 7) is 2.21. The van der Waals surface area contributed by atoms with Crippen LogP contribution in [0.2, 0.25) is 0 Å². The zero-order chi connectivity index (χ0) is 22.6. The molecule has 3 aromatic carbocycles. The summed E-state index contributed by atoms with van der Waals surface area (Å²) >= 11 is 0. The first-order valence-corrected chi connectivity index (χ1v) is 12.0. The molecule has 0 radical (unpaired) electrons. The van der Waals surface area contributed by atoms with E-state index >= 15 is 0 Å². The predicted molar refractivity (Wildman–Crippen MR) is 122 cm³/mol. The number of fused-ring (bicyclic) bond motifs is 2. The van der Waals surface area contributed by atoms with Crippen molar-refractivity contribution >= 4 is 10.0 Å². The highest BCUT2D eigenvalue weighted by Crippen LogP contribution is 2.57. The number of phenols is 1. The lowest BCUT2D eigenvalue weighted by molar-refractivity contribution is 0.289. The Balaban J connectivity index is 1.77.